The maximum atomic E-state index is 13.1. The lowest BCUT2D eigenvalue weighted by Crippen LogP contribution is -2.56. The Balaban J connectivity index is 1.95. The van der Waals surface area contributed by atoms with E-state index in [4.69, 9.17) is 10.5 Å². The van der Waals surface area contributed by atoms with Crippen molar-refractivity contribution >= 4 is 5.91 Å². The second-order valence-electron chi connectivity index (χ2n) is 5.60. The molecule has 2 unspecified atom stereocenters. The zero-order chi connectivity index (χ0) is 14.8. The van der Waals surface area contributed by atoms with Crippen LogP contribution in [0.4, 0.5) is 4.39 Å². The van der Waals surface area contributed by atoms with Crippen molar-refractivity contribution in [1.29, 1.82) is 0 Å². The summed E-state index contributed by atoms with van der Waals surface area (Å²) < 4.78 is 18.5. The predicted octanol–water partition coefficient (Wildman–Crippen LogP) is 1.84. The van der Waals surface area contributed by atoms with Crippen molar-refractivity contribution in [2.45, 2.75) is 38.3 Å². The summed E-state index contributed by atoms with van der Waals surface area (Å²) in [6, 6.07) is 5.75. The number of nitrogens with two attached hydrogens (primary N) is 1. The molecule has 0 saturated heterocycles. The van der Waals surface area contributed by atoms with E-state index in [9.17, 15) is 9.18 Å². The first-order valence-corrected chi connectivity index (χ1v) is 6.89. The van der Waals surface area contributed by atoms with Crippen LogP contribution in [0.5, 0.6) is 5.75 Å². The summed E-state index contributed by atoms with van der Waals surface area (Å²) in [7, 11) is 0. The lowest BCUT2D eigenvalue weighted by atomic mass is 9.95. The largest absolute Gasteiger partial charge is 0.481 e. The van der Waals surface area contributed by atoms with Gasteiger partial charge in [0.25, 0.3) is 5.91 Å². The van der Waals surface area contributed by atoms with Crippen molar-refractivity contribution in [1.82, 2.24) is 5.32 Å². The highest BCUT2D eigenvalue weighted by Crippen LogP contribution is 2.39. The van der Waals surface area contributed by atoms with Gasteiger partial charge in [-0.1, -0.05) is 6.07 Å². The van der Waals surface area contributed by atoms with Gasteiger partial charge in [0.05, 0.1) is 5.54 Å². The standard InChI is InChI=1S/C15H21FN2O2/c1-10(20-13-5-3-4-12(16)8-13)14(19)18-15(2,9-17)11-6-7-11/h3-5,8,10-11H,6-7,9,17H2,1-2H3,(H,18,19). The average molecular weight is 280 g/mol. The predicted molar refractivity (Wildman–Crippen MR) is 74.8 cm³/mol. The van der Waals surface area contributed by atoms with Gasteiger partial charge < -0.3 is 15.8 Å². The number of rotatable bonds is 6. The minimum Gasteiger partial charge on any atom is -0.481 e. The molecule has 1 amide bonds. The Labute approximate surface area is 118 Å². The fourth-order valence-corrected chi connectivity index (χ4v) is 2.22. The van der Waals surface area contributed by atoms with E-state index in [2.05, 4.69) is 5.32 Å². The van der Waals surface area contributed by atoms with Crippen LogP contribution in [0.3, 0.4) is 0 Å². The number of halogens is 1. The lowest BCUT2D eigenvalue weighted by Gasteiger charge is -2.30. The molecule has 0 heterocycles. The zero-order valence-electron chi connectivity index (χ0n) is 11.9. The van der Waals surface area contributed by atoms with Crippen molar-refractivity contribution in [2.75, 3.05) is 6.54 Å². The first kappa shape index (κ1) is 14.8. The highest BCUT2D eigenvalue weighted by Gasteiger charge is 2.42. The molecule has 3 N–H and O–H groups in total. The Hall–Kier alpha value is -1.62. The molecule has 1 aromatic rings. The molecule has 1 aromatic carbocycles. The first-order chi connectivity index (χ1) is 9.44. The lowest BCUT2D eigenvalue weighted by molar-refractivity contribution is -0.129. The van der Waals surface area contributed by atoms with Gasteiger partial charge >= 0.3 is 0 Å². The second kappa shape index (κ2) is 5.79. The molecule has 0 spiro atoms. The summed E-state index contributed by atoms with van der Waals surface area (Å²) in [6.07, 6.45) is 1.49. The van der Waals surface area contributed by atoms with Crippen molar-refractivity contribution < 1.29 is 13.9 Å². The summed E-state index contributed by atoms with van der Waals surface area (Å²) in [5.74, 6) is 0.167. The third kappa shape index (κ3) is 3.48. The Morgan fingerprint density at radius 2 is 2.30 bits per heavy atom. The molecule has 2 rings (SSSR count). The maximum Gasteiger partial charge on any atom is 0.261 e. The minimum atomic E-state index is -0.693. The molecule has 1 saturated carbocycles. The topological polar surface area (TPSA) is 64.3 Å². The van der Waals surface area contributed by atoms with E-state index in [0.29, 0.717) is 18.2 Å². The van der Waals surface area contributed by atoms with Crippen LogP contribution in [0.15, 0.2) is 24.3 Å². The van der Waals surface area contributed by atoms with Crippen LogP contribution in [-0.2, 0) is 4.79 Å². The van der Waals surface area contributed by atoms with Crippen molar-refractivity contribution in [2.24, 2.45) is 11.7 Å². The van der Waals surface area contributed by atoms with Crippen molar-refractivity contribution in [3.63, 3.8) is 0 Å². The van der Waals surface area contributed by atoms with Crippen LogP contribution in [0.25, 0.3) is 0 Å². The van der Waals surface area contributed by atoms with E-state index >= 15 is 0 Å². The van der Waals surface area contributed by atoms with Crippen LogP contribution >= 0.6 is 0 Å². The van der Waals surface area contributed by atoms with Gasteiger partial charge in [0.1, 0.15) is 11.6 Å². The molecule has 1 fully saturated rings. The summed E-state index contributed by atoms with van der Waals surface area (Å²) in [4.78, 5) is 12.2. The average Bonchev–Trinajstić information content (AvgIpc) is 3.23. The molecule has 0 bridgehead atoms. The molecule has 1 aliphatic carbocycles. The van der Waals surface area contributed by atoms with Gasteiger partial charge in [0, 0.05) is 12.6 Å². The van der Waals surface area contributed by atoms with Gasteiger partial charge in [0.15, 0.2) is 6.10 Å². The molecule has 0 aliphatic heterocycles. The monoisotopic (exact) mass is 280 g/mol. The SMILES string of the molecule is CC(Oc1cccc(F)c1)C(=O)NC(C)(CN)C1CC1. The number of hydrogen-bond acceptors (Lipinski definition) is 3. The summed E-state index contributed by atoms with van der Waals surface area (Å²) in [6.45, 7) is 4.00. The molecular formula is C15H21FN2O2. The molecule has 20 heavy (non-hydrogen) atoms. The van der Waals surface area contributed by atoms with E-state index in [-0.39, 0.29) is 17.3 Å². The van der Waals surface area contributed by atoms with Gasteiger partial charge in [-0.2, -0.15) is 0 Å². The number of hydrogen-bond donors (Lipinski definition) is 2. The maximum absolute atomic E-state index is 13.1. The van der Waals surface area contributed by atoms with Gasteiger partial charge in [-0.25, -0.2) is 4.39 Å². The number of nitrogens with one attached hydrogen (secondary N) is 1. The number of amides is 1. The number of carbonyl (C=O) groups is 1. The Morgan fingerprint density at radius 3 is 2.85 bits per heavy atom. The van der Waals surface area contributed by atoms with Crippen molar-refractivity contribution in [3.05, 3.63) is 30.1 Å². The van der Waals surface area contributed by atoms with Gasteiger partial charge in [-0.05, 0) is 44.7 Å². The molecule has 0 aromatic heterocycles. The Morgan fingerprint density at radius 1 is 1.60 bits per heavy atom. The van der Waals surface area contributed by atoms with Crippen LogP contribution < -0.4 is 15.8 Å². The van der Waals surface area contributed by atoms with E-state index in [1.807, 2.05) is 6.92 Å². The Bertz CT molecular complexity index is 491. The number of carbonyl (C=O) groups excluding carboxylic acids is 1. The Kier molecular flexibility index (Phi) is 4.28. The highest BCUT2D eigenvalue weighted by atomic mass is 19.1. The van der Waals surface area contributed by atoms with Crippen LogP contribution in [0, 0.1) is 11.7 Å². The van der Waals surface area contributed by atoms with Gasteiger partial charge in [-0.3, -0.25) is 4.79 Å². The molecule has 4 nitrogen and oxygen atoms in total. The van der Waals surface area contributed by atoms with E-state index < -0.39 is 6.10 Å². The normalized spacial score (nSPS) is 19.0. The van der Waals surface area contributed by atoms with Crippen LogP contribution in [0.1, 0.15) is 26.7 Å². The fourth-order valence-electron chi connectivity index (χ4n) is 2.22. The van der Waals surface area contributed by atoms with Crippen LogP contribution in [0.2, 0.25) is 0 Å². The summed E-state index contributed by atoms with van der Waals surface area (Å²) >= 11 is 0. The summed E-state index contributed by atoms with van der Waals surface area (Å²) in [5.41, 5.74) is 5.39. The molecule has 110 valence electrons. The third-order valence-corrected chi connectivity index (χ3v) is 3.79. The molecule has 1 aliphatic rings. The fraction of sp³-hybridized carbons (Fsp3) is 0.533. The van der Waals surface area contributed by atoms with E-state index in [1.54, 1.807) is 19.1 Å². The molecule has 2 atom stereocenters. The van der Waals surface area contributed by atoms with Crippen LogP contribution in [-0.4, -0.2) is 24.1 Å². The minimum absolute atomic E-state index is 0.228. The van der Waals surface area contributed by atoms with E-state index in [1.165, 1.54) is 12.1 Å². The smallest absolute Gasteiger partial charge is 0.261 e. The molecular weight excluding hydrogens is 259 g/mol. The molecule has 0 radical (unpaired) electrons. The summed E-state index contributed by atoms with van der Waals surface area (Å²) in [5, 5.41) is 2.96. The number of ether oxygens (including phenoxy) is 1. The highest BCUT2D eigenvalue weighted by molar-refractivity contribution is 5.81. The van der Waals surface area contributed by atoms with Gasteiger partial charge in [-0.15, -0.1) is 0 Å². The molecule has 5 heteroatoms. The van der Waals surface area contributed by atoms with Gasteiger partial charge in [0.2, 0.25) is 0 Å². The zero-order valence-corrected chi connectivity index (χ0v) is 11.9. The third-order valence-electron chi connectivity index (χ3n) is 3.79. The first-order valence-electron chi connectivity index (χ1n) is 6.89. The van der Waals surface area contributed by atoms with Crippen molar-refractivity contribution in [3.8, 4) is 5.75 Å². The quantitative estimate of drug-likeness (QED) is 0.835. The number of benzene rings is 1. The second-order valence-corrected chi connectivity index (χ2v) is 5.60. The van der Waals surface area contributed by atoms with E-state index in [0.717, 1.165) is 12.8 Å².